The monoisotopic (exact) mass is 432 g/mol. The third-order valence-corrected chi connectivity index (χ3v) is 5.66. The Labute approximate surface area is 188 Å². The lowest BCUT2D eigenvalue weighted by Crippen LogP contribution is -2.47. The number of aryl methyl sites for hydroxylation is 2. The fourth-order valence-electron chi connectivity index (χ4n) is 3.67. The van der Waals surface area contributed by atoms with Gasteiger partial charge in [0.2, 0.25) is 5.91 Å². The Morgan fingerprint density at radius 2 is 1.88 bits per heavy atom. The molecule has 0 radical (unpaired) electrons. The number of carbonyl (C=O) groups excluding carboxylic acids is 1. The van der Waals surface area contributed by atoms with E-state index in [1.165, 1.54) is 0 Å². The van der Waals surface area contributed by atoms with Gasteiger partial charge in [-0.25, -0.2) is 0 Å². The van der Waals surface area contributed by atoms with E-state index in [-0.39, 0.29) is 5.91 Å². The molecule has 0 atom stereocenters. The lowest BCUT2D eigenvalue weighted by Gasteiger charge is -2.34. The standard InChI is InChI=1S/C25H28N4O3/c1-19-24(20(2)32-27-19)17-28-13-15-29(16-14-28)25(30)11-8-21-6-9-23(10-7-21)31-18-22-5-3-4-12-26-22/h3-12H,13-18H2,1-2H3. The Bertz CT molecular complexity index is 1030. The molecule has 3 heterocycles. The highest BCUT2D eigenvalue weighted by Gasteiger charge is 2.21. The summed E-state index contributed by atoms with van der Waals surface area (Å²) in [4.78, 5) is 21.1. The first-order valence-electron chi connectivity index (χ1n) is 10.8. The van der Waals surface area contributed by atoms with Gasteiger partial charge in [0.15, 0.2) is 0 Å². The van der Waals surface area contributed by atoms with Crippen molar-refractivity contribution in [2.24, 2.45) is 0 Å². The summed E-state index contributed by atoms with van der Waals surface area (Å²) in [6.07, 6.45) is 5.25. The van der Waals surface area contributed by atoms with Crippen molar-refractivity contribution >= 4 is 12.0 Å². The van der Waals surface area contributed by atoms with Crippen LogP contribution >= 0.6 is 0 Å². The molecule has 0 N–H and O–H groups in total. The Morgan fingerprint density at radius 3 is 2.53 bits per heavy atom. The molecule has 1 aliphatic heterocycles. The van der Waals surface area contributed by atoms with Crippen molar-refractivity contribution < 1.29 is 14.1 Å². The summed E-state index contributed by atoms with van der Waals surface area (Å²) in [6, 6.07) is 13.4. The molecule has 0 aliphatic carbocycles. The highest BCUT2D eigenvalue weighted by atomic mass is 16.5. The number of aromatic nitrogens is 2. The second kappa shape index (κ2) is 10.2. The molecule has 3 aromatic rings. The van der Waals surface area contributed by atoms with Crippen molar-refractivity contribution in [2.45, 2.75) is 27.0 Å². The van der Waals surface area contributed by atoms with Crippen molar-refractivity contribution in [3.05, 3.63) is 83.0 Å². The fraction of sp³-hybridized carbons (Fsp3) is 0.320. The number of nitrogens with zero attached hydrogens (tertiary/aromatic N) is 4. The van der Waals surface area contributed by atoms with Crippen LogP contribution in [-0.4, -0.2) is 52.0 Å². The molecule has 1 fully saturated rings. The molecule has 1 aromatic carbocycles. The van der Waals surface area contributed by atoms with E-state index in [1.54, 1.807) is 12.3 Å². The minimum Gasteiger partial charge on any atom is -0.487 e. The summed E-state index contributed by atoms with van der Waals surface area (Å²) in [5, 5.41) is 4.02. The van der Waals surface area contributed by atoms with Crippen LogP contribution in [0.1, 0.15) is 28.3 Å². The topological polar surface area (TPSA) is 71.7 Å². The molecule has 0 bridgehead atoms. The van der Waals surface area contributed by atoms with Crippen molar-refractivity contribution in [2.75, 3.05) is 26.2 Å². The molecule has 7 nitrogen and oxygen atoms in total. The van der Waals surface area contributed by atoms with E-state index < -0.39 is 0 Å². The Balaban J connectivity index is 1.24. The van der Waals surface area contributed by atoms with Gasteiger partial charge in [-0.1, -0.05) is 23.4 Å². The van der Waals surface area contributed by atoms with E-state index in [0.29, 0.717) is 19.7 Å². The lowest BCUT2D eigenvalue weighted by atomic mass is 10.1. The normalized spacial score (nSPS) is 14.8. The number of amides is 1. The minimum atomic E-state index is 0.0393. The highest BCUT2D eigenvalue weighted by molar-refractivity contribution is 5.91. The predicted octanol–water partition coefficient (Wildman–Crippen LogP) is 3.62. The maximum Gasteiger partial charge on any atom is 0.246 e. The first-order chi connectivity index (χ1) is 15.6. The molecule has 1 amide bonds. The van der Waals surface area contributed by atoms with Gasteiger partial charge in [-0.2, -0.15) is 0 Å². The fourth-order valence-corrected chi connectivity index (χ4v) is 3.67. The number of carbonyl (C=O) groups is 1. The lowest BCUT2D eigenvalue weighted by molar-refractivity contribution is -0.127. The summed E-state index contributed by atoms with van der Waals surface area (Å²) in [5.74, 6) is 1.68. The van der Waals surface area contributed by atoms with Crippen LogP contribution < -0.4 is 4.74 Å². The quantitative estimate of drug-likeness (QED) is 0.531. The van der Waals surface area contributed by atoms with Crippen molar-refractivity contribution in [3.63, 3.8) is 0 Å². The summed E-state index contributed by atoms with van der Waals surface area (Å²) >= 11 is 0. The van der Waals surface area contributed by atoms with Gasteiger partial charge in [0.1, 0.15) is 18.1 Å². The van der Waals surface area contributed by atoms with Crippen LogP contribution in [0.3, 0.4) is 0 Å². The first-order valence-corrected chi connectivity index (χ1v) is 10.8. The summed E-state index contributed by atoms with van der Waals surface area (Å²) < 4.78 is 11.0. The van der Waals surface area contributed by atoms with E-state index >= 15 is 0 Å². The van der Waals surface area contributed by atoms with E-state index in [2.05, 4.69) is 15.0 Å². The van der Waals surface area contributed by atoms with Crippen molar-refractivity contribution in [1.29, 1.82) is 0 Å². The number of hydrogen-bond acceptors (Lipinski definition) is 6. The average Bonchev–Trinajstić information content (AvgIpc) is 3.15. The molecule has 4 rings (SSSR count). The van der Waals surface area contributed by atoms with Crippen LogP contribution in [0.25, 0.3) is 6.08 Å². The molecule has 1 saturated heterocycles. The van der Waals surface area contributed by atoms with Crippen LogP contribution in [0.15, 0.2) is 59.3 Å². The maximum absolute atomic E-state index is 12.6. The van der Waals surface area contributed by atoms with Crippen LogP contribution in [-0.2, 0) is 17.9 Å². The molecule has 2 aromatic heterocycles. The van der Waals surface area contributed by atoms with Crippen LogP contribution in [0, 0.1) is 13.8 Å². The summed E-state index contributed by atoms with van der Waals surface area (Å²) in [6.45, 7) is 8.26. The van der Waals surface area contributed by atoms with Gasteiger partial charge in [-0.3, -0.25) is 14.7 Å². The number of ether oxygens (including phenoxy) is 1. The molecular weight excluding hydrogens is 404 g/mol. The zero-order chi connectivity index (χ0) is 22.3. The Kier molecular flexibility index (Phi) is 6.97. The van der Waals surface area contributed by atoms with Crippen molar-refractivity contribution in [1.82, 2.24) is 19.9 Å². The van der Waals surface area contributed by atoms with Crippen LogP contribution in [0.4, 0.5) is 0 Å². The second-order valence-electron chi connectivity index (χ2n) is 7.92. The van der Waals surface area contributed by atoms with E-state index in [1.807, 2.05) is 67.3 Å². The SMILES string of the molecule is Cc1noc(C)c1CN1CCN(C(=O)C=Cc2ccc(OCc3ccccn3)cc2)CC1. The van der Waals surface area contributed by atoms with Gasteiger partial charge in [0.25, 0.3) is 0 Å². The van der Waals surface area contributed by atoms with Gasteiger partial charge in [0.05, 0.1) is 11.4 Å². The molecular formula is C25H28N4O3. The average molecular weight is 433 g/mol. The summed E-state index contributed by atoms with van der Waals surface area (Å²) in [5.41, 5.74) is 3.93. The van der Waals surface area contributed by atoms with Gasteiger partial charge in [-0.15, -0.1) is 0 Å². The van der Waals surface area contributed by atoms with Gasteiger partial charge < -0.3 is 14.2 Å². The zero-order valence-electron chi connectivity index (χ0n) is 18.5. The summed E-state index contributed by atoms with van der Waals surface area (Å²) in [7, 11) is 0. The Morgan fingerprint density at radius 1 is 1.09 bits per heavy atom. The number of rotatable bonds is 7. The molecule has 1 aliphatic rings. The minimum absolute atomic E-state index is 0.0393. The first kappa shape index (κ1) is 21.8. The molecule has 0 unspecified atom stereocenters. The van der Waals surface area contributed by atoms with Gasteiger partial charge in [0, 0.05) is 50.6 Å². The van der Waals surface area contributed by atoms with E-state index in [0.717, 1.165) is 53.7 Å². The number of pyridine rings is 1. The maximum atomic E-state index is 12.6. The molecule has 32 heavy (non-hydrogen) atoms. The molecule has 166 valence electrons. The third-order valence-electron chi connectivity index (χ3n) is 5.66. The number of piperazine rings is 1. The van der Waals surface area contributed by atoms with E-state index in [4.69, 9.17) is 9.26 Å². The molecule has 0 spiro atoms. The van der Waals surface area contributed by atoms with Crippen LogP contribution in [0.5, 0.6) is 5.75 Å². The third kappa shape index (κ3) is 5.62. The van der Waals surface area contributed by atoms with Crippen molar-refractivity contribution in [3.8, 4) is 5.75 Å². The largest absolute Gasteiger partial charge is 0.487 e. The number of benzene rings is 1. The second-order valence-corrected chi connectivity index (χ2v) is 7.92. The number of hydrogen-bond donors (Lipinski definition) is 0. The van der Waals surface area contributed by atoms with Gasteiger partial charge >= 0.3 is 0 Å². The predicted molar refractivity (Wildman–Crippen MR) is 122 cm³/mol. The highest BCUT2D eigenvalue weighted by Crippen LogP contribution is 2.17. The van der Waals surface area contributed by atoms with E-state index in [9.17, 15) is 4.79 Å². The molecule has 0 saturated carbocycles. The Hall–Kier alpha value is -3.45. The smallest absolute Gasteiger partial charge is 0.246 e. The van der Waals surface area contributed by atoms with Gasteiger partial charge in [-0.05, 0) is 49.8 Å². The zero-order valence-corrected chi connectivity index (χ0v) is 18.5. The van der Waals surface area contributed by atoms with Crippen LogP contribution in [0.2, 0.25) is 0 Å². The molecule has 7 heteroatoms.